The first-order valence-corrected chi connectivity index (χ1v) is 9.35. The molecule has 1 aliphatic heterocycles. The average molecular weight is 363 g/mol. The number of carbonyl (C=O) groups excluding carboxylic acids is 1. The van der Waals surface area contributed by atoms with Gasteiger partial charge in [0.05, 0.1) is 0 Å². The largest absolute Gasteiger partial charge is 0.353 e. The van der Waals surface area contributed by atoms with Crippen LogP contribution in [-0.4, -0.2) is 51.7 Å². The molecule has 1 N–H and O–H groups in total. The molecular weight excluding hydrogens is 342 g/mol. The van der Waals surface area contributed by atoms with Crippen LogP contribution in [0.15, 0.2) is 42.6 Å². The zero-order valence-electron chi connectivity index (χ0n) is 15.0. The smallest absolute Gasteiger partial charge is 0.249 e. The summed E-state index contributed by atoms with van der Waals surface area (Å²) in [7, 11) is 0. The van der Waals surface area contributed by atoms with E-state index in [1.807, 2.05) is 47.1 Å². The summed E-state index contributed by atoms with van der Waals surface area (Å²) in [6.07, 6.45) is 3.76. The predicted molar refractivity (Wildman–Crippen MR) is 103 cm³/mol. The molecule has 1 amide bonds. The summed E-state index contributed by atoms with van der Waals surface area (Å²) in [5.41, 5.74) is 0.741. The highest BCUT2D eigenvalue weighted by Gasteiger charge is 2.30. The number of aromatic nitrogens is 4. The minimum Gasteiger partial charge on any atom is -0.353 e. The number of anilines is 3. The topological polar surface area (TPSA) is 78.7 Å². The van der Waals surface area contributed by atoms with E-state index in [2.05, 4.69) is 30.2 Å². The van der Waals surface area contributed by atoms with Gasteiger partial charge in [0.1, 0.15) is 11.6 Å². The Bertz CT molecular complexity index is 959. The Balaban J connectivity index is 1.34. The molecule has 1 aliphatic carbocycles. The monoisotopic (exact) mass is 363 g/mol. The lowest BCUT2D eigenvalue weighted by molar-refractivity contribution is -0.117. The van der Waals surface area contributed by atoms with Gasteiger partial charge in [0.25, 0.3) is 0 Å². The Kier molecular flexibility index (Phi) is 3.88. The van der Waals surface area contributed by atoms with Gasteiger partial charge >= 0.3 is 0 Å². The molecule has 2 aliphatic rings. The van der Waals surface area contributed by atoms with Crippen LogP contribution in [0.3, 0.4) is 0 Å². The summed E-state index contributed by atoms with van der Waals surface area (Å²) in [6, 6.07) is 11.9. The van der Waals surface area contributed by atoms with Gasteiger partial charge in [-0.25, -0.2) is 4.98 Å². The van der Waals surface area contributed by atoms with E-state index in [9.17, 15) is 4.79 Å². The summed E-state index contributed by atoms with van der Waals surface area (Å²) < 4.78 is 1.82. The van der Waals surface area contributed by atoms with Gasteiger partial charge in [-0.1, -0.05) is 12.1 Å². The number of carbonyl (C=O) groups is 1. The first kappa shape index (κ1) is 16.0. The Hall–Kier alpha value is -3.16. The lowest BCUT2D eigenvalue weighted by atomic mass is 10.3. The van der Waals surface area contributed by atoms with E-state index in [1.165, 1.54) is 0 Å². The molecule has 3 aromatic heterocycles. The third-order valence-electron chi connectivity index (χ3n) is 5.10. The lowest BCUT2D eigenvalue weighted by Crippen LogP contribution is -2.47. The molecule has 0 atom stereocenters. The number of hydrogen-bond donors (Lipinski definition) is 1. The minimum atomic E-state index is 0.0245. The van der Waals surface area contributed by atoms with Crippen LogP contribution in [0.2, 0.25) is 0 Å². The van der Waals surface area contributed by atoms with Crippen LogP contribution in [0, 0.1) is 5.92 Å². The number of fused-ring (bicyclic) bond motifs is 1. The van der Waals surface area contributed by atoms with Crippen LogP contribution >= 0.6 is 0 Å². The van der Waals surface area contributed by atoms with Crippen molar-refractivity contribution in [2.75, 3.05) is 41.3 Å². The van der Waals surface area contributed by atoms with Gasteiger partial charge in [0.2, 0.25) is 11.9 Å². The molecule has 0 radical (unpaired) electrons. The second-order valence-corrected chi connectivity index (χ2v) is 7.01. The van der Waals surface area contributed by atoms with Crippen LogP contribution in [0.1, 0.15) is 12.8 Å². The number of pyridine rings is 2. The molecule has 8 nitrogen and oxygen atoms in total. The molecule has 3 aromatic rings. The van der Waals surface area contributed by atoms with Gasteiger partial charge in [-0.05, 0) is 37.1 Å². The van der Waals surface area contributed by atoms with E-state index in [1.54, 1.807) is 0 Å². The Morgan fingerprint density at radius 2 is 1.81 bits per heavy atom. The molecule has 138 valence electrons. The number of amides is 1. The maximum Gasteiger partial charge on any atom is 0.249 e. The number of nitrogens with one attached hydrogen (secondary N) is 1. The normalized spacial score (nSPS) is 17.3. The van der Waals surface area contributed by atoms with E-state index in [-0.39, 0.29) is 11.8 Å². The van der Waals surface area contributed by atoms with Gasteiger partial charge in [0, 0.05) is 38.3 Å². The minimum absolute atomic E-state index is 0.0245. The molecule has 8 heteroatoms. The third-order valence-corrected chi connectivity index (χ3v) is 5.10. The summed E-state index contributed by atoms with van der Waals surface area (Å²) in [5.74, 6) is 2.55. The summed E-state index contributed by atoms with van der Waals surface area (Å²) in [5, 5.41) is 7.36. The molecule has 1 saturated heterocycles. The standard InChI is InChI=1S/C19H21N7O/c27-18(14-7-8-14)22-19-21-16-5-3-6-17(26(16)23-19)25-12-10-24(11-13-25)15-4-1-2-9-20-15/h1-6,9,14H,7-8,10-13H2,(H,22,23,27). The van der Waals surface area contributed by atoms with E-state index >= 15 is 0 Å². The fourth-order valence-corrected chi connectivity index (χ4v) is 3.45. The van der Waals surface area contributed by atoms with Crippen molar-refractivity contribution in [2.24, 2.45) is 5.92 Å². The van der Waals surface area contributed by atoms with Crippen LogP contribution in [0.4, 0.5) is 17.6 Å². The molecule has 0 unspecified atom stereocenters. The molecule has 4 heterocycles. The second-order valence-electron chi connectivity index (χ2n) is 7.01. The molecule has 0 spiro atoms. The van der Waals surface area contributed by atoms with Gasteiger partial charge in [0.15, 0.2) is 5.65 Å². The first-order chi connectivity index (χ1) is 13.3. The van der Waals surface area contributed by atoms with Crippen molar-refractivity contribution in [2.45, 2.75) is 12.8 Å². The lowest BCUT2D eigenvalue weighted by Gasteiger charge is -2.36. The zero-order valence-corrected chi connectivity index (χ0v) is 15.0. The van der Waals surface area contributed by atoms with Crippen molar-refractivity contribution in [1.29, 1.82) is 0 Å². The fourth-order valence-electron chi connectivity index (χ4n) is 3.45. The SMILES string of the molecule is O=C(Nc1nc2cccc(N3CCN(c4ccccn4)CC3)n2n1)C1CC1. The molecule has 27 heavy (non-hydrogen) atoms. The van der Waals surface area contributed by atoms with Crippen molar-refractivity contribution in [1.82, 2.24) is 19.6 Å². The molecule has 0 aromatic carbocycles. The highest BCUT2D eigenvalue weighted by Crippen LogP contribution is 2.30. The number of rotatable bonds is 4. The zero-order chi connectivity index (χ0) is 18.2. The van der Waals surface area contributed by atoms with E-state index < -0.39 is 0 Å². The van der Waals surface area contributed by atoms with Crippen LogP contribution in [0.25, 0.3) is 5.65 Å². The third kappa shape index (κ3) is 3.18. The molecule has 5 rings (SSSR count). The number of piperazine rings is 1. The Morgan fingerprint density at radius 3 is 2.56 bits per heavy atom. The highest BCUT2D eigenvalue weighted by molar-refractivity contribution is 5.92. The second kappa shape index (κ2) is 6.53. The van der Waals surface area contributed by atoms with Gasteiger partial charge in [-0.3, -0.25) is 10.1 Å². The van der Waals surface area contributed by atoms with Crippen LogP contribution in [0.5, 0.6) is 0 Å². The Labute approximate surface area is 156 Å². The fraction of sp³-hybridized carbons (Fsp3) is 0.368. The maximum atomic E-state index is 12.0. The molecule has 0 bridgehead atoms. The Morgan fingerprint density at radius 1 is 1.00 bits per heavy atom. The first-order valence-electron chi connectivity index (χ1n) is 9.35. The summed E-state index contributed by atoms with van der Waals surface area (Å²) in [4.78, 5) is 25.5. The van der Waals surface area contributed by atoms with E-state index in [4.69, 9.17) is 0 Å². The van der Waals surface area contributed by atoms with Crippen LogP contribution < -0.4 is 15.1 Å². The maximum absolute atomic E-state index is 12.0. The van der Waals surface area contributed by atoms with Crippen molar-refractivity contribution in [3.8, 4) is 0 Å². The average Bonchev–Trinajstić information content (AvgIpc) is 3.49. The van der Waals surface area contributed by atoms with Gasteiger partial charge < -0.3 is 9.80 Å². The quantitative estimate of drug-likeness (QED) is 0.762. The van der Waals surface area contributed by atoms with Crippen molar-refractivity contribution in [3.63, 3.8) is 0 Å². The number of hydrogen-bond acceptors (Lipinski definition) is 6. The summed E-state index contributed by atoms with van der Waals surface area (Å²) in [6.45, 7) is 3.54. The van der Waals surface area contributed by atoms with E-state index in [0.29, 0.717) is 5.95 Å². The molecule has 2 fully saturated rings. The van der Waals surface area contributed by atoms with Crippen LogP contribution in [-0.2, 0) is 4.79 Å². The van der Waals surface area contributed by atoms with Gasteiger partial charge in [-0.15, -0.1) is 5.10 Å². The predicted octanol–water partition coefficient (Wildman–Crippen LogP) is 1.80. The molecular formula is C19H21N7O. The van der Waals surface area contributed by atoms with Crippen molar-refractivity contribution in [3.05, 3.63) is 42.6 Å². The van der Waals surface area contributed by atoms with Crippen molar-refractivity contribution >= 4 is 29.1 Å². The van der Waals surface area contributed by atoms with Crippen molar-refractivity contribution < 1.29 is 4.79 Å². The highest BCUT2D eigenvalue weighted by atomic mass is 16.2. The van der Waals surface area contributed by atoms with Gasteiger partial charge in [-0.2, -0.15) is 9.50 Å². The summed E-state index contributed by atoms with van der Waals surface area (Å²) >= 11 is 0. The van der Waals surface area contributed by atoms with E-state index in [0.717, 1.165) is 56.3 Å². The molecule has 1 saturated carbocycles. The number of nitrogens with zero attached hydrogens (tertiary/aromatic N) is 6.